The summed E-state index contributed by atoms with van der Waals surface area (Å²) in [5.41, 5.74) is 5.78. The molecule has 0 spiro atoms. The van der Waals surface area contributed by atoms with Crippen molar-refractivity contribution in [2.24, 2.45) is 11.7 Å². The lowest BCUT2D eigenvalue weighted by Crippen LogP contribution is -2.33. The molecule has 2 nitrogen and oxygen atoms in total. The summed E-state index contributed by atoms with van der Waals surface area (Å²) in [5, 5.41) is 0. The molecule has 2 N–H and O–H groups in total. The number of nitrogens with zero attached hydrogens (tertiary/aromatic N) is 1. The average molecular weight is 163 g/mol. The molecular formula is C7H15ClN2. The van der Waals surface area contributed by atoms with Gasteiger partial charge >= 0.3 is 0 Å². The molecule has 10 heavy (non-hydrogen) atoms. The molecule has 1 aliphatic heterocycles. The van der Waals surface area contributed by atoms with E-state index in [1.54, 1.807) is 0 Å². The van der Waals surface area contributed by atoms with Gasteiger partial charge in [0.15, 0.2) is 0 Å². The monoisotopic (exact) mass is 162 g/mol. The number of alkyl halides is 1. The van der Waals surface area contributed by atoms with Gasteiger partial charge in [-0.3, -0.25) is 0 Å². The SMILES string of the molecule is CN1CCC(C(N)CCl)C1. The zero-order valence-electron chi connectivity index (χ0n) is 6.39. The minimum atomic E-state index is 0.201. The summed E-state index contributed by atoms with van der Waals surface area (Å²) < 4.78 is 0. The molecule has 0 radical (unpaired) electrons. The highest BCUT2D eigenvalue weighted by Gasteiger charge is 2.24. The van der Waals surface area contributed by atoms with Gasteiger partial charge in [0.25, 0.3) is 0 Å². The molecule has 60 valence electrons. The zero-order valence-corrected chi connectivity index (χ0v) is 7.14. The second kappa shape index (κ2) is 3.56. The van der Waals surface area contributed by atoms with Gasteiger partial charge in [0.05, 0.1) is 0 Å². The van der Waals surface area contributed by atoms with E-state index in [9.17, 15) is 0 Å². The molecular weight excluding hydrogens is 148 g/mol. The Hall–Kier alpha value is 0.210. The highest BCUT2D eigenvalue weighted by atomic mass is 35.5. The van der Waals surface area contributed by atoms with Crippen LogP contribution in [0.25, 0.3) is 0 Å². The van der Waals surface area contributed by atoms with E-state index in [2.05, 4.69) is 11.9 Å². The fraction of sp³-hybridized carbons (Fsp3) is 1.00. The highest BCUT2D eigenvalue weighted by Crippen LogP contribution is 2.17. The average Bonchev–Trinajstić information content (AvgIpc) is 2.34. The van der Waals surface area contributed by atoms with Crippen LogP contribution in [0.3, 0.4) is 0 Å². The van der Waals surface area contributed by atoms with Crippen molar-refractivity contribution in [3.63, 3.8) is 0 Å². The van der Waals surface area contributed by atoms with E-state index in [0.29, 0.717) is 11.8 Å². The number of likely N-dealkylation sites (tertiary alicyclic amines) is 1. The maximum absolute atomic E-state index is 5.78. The van der Waals surface area contributed by atoms with Gasteiger partial charge in [-0.05, 0) is 25.9 Å². The number of nitrogens with two attached hydrogens (primary N) is 1. The molecule has 0 aromatic carbocycles. The molecule has 1 heterocycles. The van der Waals surface area contributed by atoms with Gasteiger partial charge in [-0.15, -0.1) is 11.6 Å². The minimum Gasteiger partial charge on any atom is -0.326 e. The minimum absolute atomic E-state index is 0.201. The Morgan fingerprint density at radius 3 is 2.90 bits per heavy atom. The van der Waals surface area contributed by atoms with Crippen LogP contribution in [0.1, 0.15) is 6.42 Å². The first-order chi connectivity index (χ1) is 4.74. The van der Waals surface area contributed by atoms with Crippen molar-refractivity contribution in [2.75, 3.05) is 26.0 Å². The normalized spacial score (nSPS) is 30.9. The van der Waals surface area contributed by atoms with Crippen molar-refractivity contribution in [1.82, 2.24) is 4.90 Å². The first-order valence-electron chi connectivity index (χ1n) is 3.74. The molecule has 3 heteroatoms. The van der Waals surface area contributed by atoms with Crippen molar-refractivity contribution in [1.29, 1.82) is 0 Å². The second-order valence-corrected chi connectivity index (χ2v) is 3.44. The van der Waals surface area contributed by atoms with E-state index in [0.717, 1.165) is 6.54 Å². The first-order valence-corrected chi connectivity index (χ1v) is 4.27. The number of hydrogen-bond donors (Lipinski definition) is 1. The lowest BCUT2D eigenvalue weighted by molar-refractivity contribution is 0.378. The number of rotatable bonds is 2. The molecule has 0 aromatic rings. The Balaban J connectivity index is 2.29. The Kier molecular flexibility index (Phi) is 2.96. The topological polar surface area (TPSA) is 29.3 Å². The molecule has 1 saturated heterocycles. The quantitative estimate of drug-likeness (QED) is 0.600. The third kappa shape index (κ3) is 1.84. The number of hydrogen-bond acceptors (Lipinski definition) is 2. The fourth-order valence-corrected chi connectivity index (χ4v) is 1.70. The van der Waals surface area contributed by atoms with Crippen LogP contribution in [-0.4, -0.2) is 37.0 Å². The first kappa shape index (κ1) is 8.31. The molecule has 0 aromatic heterocycles. The van der Waals surface area contributed by atoms with Gasteiger partial charge in [0.1, 0.15) is 0 Å². The Morgan fingerprint density at radius 1 is 1.80 bits per heavy atom. The molecule has 1 rings (SSSR count). The summed E-state index contributed by atoms with van der Waals surface area (Å²) in [6, 6.07) is 0.201. The van der Waals surface area contributed by atoms with Gasteiger partial charge in [0.2, 0.25) is 0 Å². The molecule has 0 amide bonds. The van der Waals surface area contributed by atoms with E-state index in [4.69, 9.17) is 17.3 Å². The van der Waals surface area contributed by atoms with Crippen molar-refractivity contribution < 1.29 is 0 Å². The molecule has 0 bridgehead atoms. The summed E-state index contributed by atoms with van der Waals surface area (Å²) in [5.74, 6) is 1.22. The van der Waals surface area contributed by atoms with Crippen molar-refractivity contribution >= 4 is 11.6 Å². The Labute approximate surface area is 67.3 Å². The molecule has 0 aliphatic carbocycles. The fourth-order valence-electron chi connectivity index (χ4n) is 1.44. The predicted molar refractivity (Wildman–Crippen MR) is 44.3 cm³/mol. The highest BCUT2D eigenvalue weighted by molar-refractivity contribution is 6.18. The van der Waals surface area contributed by atoms with Crippen LogP contribution in [0.4, 0.5) is 0 Å². The maximum atomic E-state index is 5.78. The Bertz CT molecular complexity index is 108. The molecule has 2 atom stereocenters. The summed E-state index contributed by atoms with van der Waals surface area (Å²) in [4.78, 5) is 2.30. The molecule has 0 saturated carbocycles. The van der Waals surface area contributed by atoms with Gasteiger partial charge in [-0.25, -0.2) is 0 Å². The van der Waals surface area contributed by atoms with E-state index >= 15 is 0 Å². The lowest BCUT2D eigenvalue weighted by atomic mass is 10.0. The molecule has 1 fully saturated rings. The smallest absolute Gasteiger partial charge is 0.0378 e. The molecule has 2 unspecified atom stereocenters. The van der Waals surface area contributed by atoms with Gasteiger partial charge in [-0.1, -0.05) is 0 Å². The molecule has 1 aliphatic rings. The summed E-state index contributed by atoms with van der Waals surface area (Å²) in [6.07, 6.45) is 1.21. The van der Waals surface area contributed by atoms with Gasteiger partial charge in [-0.2, -0.15) is 0 Å². The summed E-state index contributed by atoms with van der Waals surface area (Å²) in [6.45, 7) is 2.29. The second-order valence-electron chi connectivity index (χ2n) is 3.13. The third-order valence-electron chi connectivity index (χ3n) is 2.21. The van der Waals surface area contributed by atoms with Crippen LogP contribution in [0, 0.1) is 5.92 Å². The van der Waals surface area contributed by atoms with Crippen LogP contribution < -0.4 is 5.73 Å². The van der Waals surface area contributed by atoms with Crippen molar-refractivity contribution in [2.45, 2.75) is 12.5 Å². The zero-order chi connectivity index (χ0) is 7.56. The standard InChI is InChI=1S/C7H15ClN2/c1-10-3-2-6(5-10)7(9)4-8/h6-7H,2-5,9H2,1H3. The van der Waals surface area contributed by atoms with Crippen molar-refractivity contribution in [3.8, 4) is 0 Å². The van der Waals surface area contributed by atoms with Crippen LogP contribution in [0.5, 0.6) is 0 Å². The van der Waals surface area contributed by atoms with Gasteiger partial charge < -0.3 is 10.6 Å². The van der Waals surface area contributed by atoms with E-state index in [-0.39, 0.29) is 6.04 Å². The number of halogens is 1. The van der Waals surface area contributed by atoms with E-state index in [1.807, 2.05) is 0 Å². The van der Waals surface area contributed by atoms with Crippen molar-refractivity contribution in [3.05, 3.63) is 0 Å². The van der Waals surface area contributed by atoms with Gasteiger partial charge in [0, 0.05) is 18.5 Å². The van der Waals surface area contributed by atoms with E-state index in [1.165, 1.54) is 13.0 Å². The van der Waals surface area contributed by atoms with E-state index < -0.39 is 0 Å². The van der Waals surface area contributed by atoms with Crippen LogP contribution in [-0.2, 0) is 0 Å². The van der Waals surface area contributed by atoms with Crippen LogP contribution >= 0.6 is 11.6 Å². The Morgan fingerprint density at radius 2 is 2.50 bits per heavy atom. The third-order valence-corrected chi connectivity index (χ3v) is 2.57. The van der Waals surface area contributed by atoms with Crippen LogP contribution in [0.2, 0.25) is 0 Å². The maximum Gasteiger partial charge on any atom is 0.0378 e. The summed E-state index contributed by atoms with van der Waals surface area (Å²) >= 11 is 5.64. The lowest BCUT2D eigenvalue weighted by Gasteiger charge is -2.15. The van der Waals surface area contributed by atoms with Crippen LogP contribution in [0.15, 0.2) is 0 Å². The predicted octanol–water partition coefficient (Wildman–Crippen LogP) is 0.504. The largest absolute Gasteiger partial charge is 0.326 e. The summed E-state index contributed by atoms with van der Waals surface area (Å²) in [7, 11) is 2.13.